The monoisotopic (exact) mass is 283 g/mol. The summed E-state index contributed by atoms with van der Waals surface area (Å²) in [5, 5.41) is 21.7. The molecule has 2 rings (SSSR count). The summed E-state index contributed by atoms with van der Waals surface area (Å²) in [6.07, 6.45) is 2.31. The minimum Gasteiger partial charge on any atom is -0.508 e. The van der Waals surface area contributed by atoms with Crippen LogP contribution in [0.2, 0.25) is 0 Å². The maximum absolute atomic E-state index is 11.7. The molecule has 1 unspecified atom stereocenters. The highest BCUT2D eigenvalue weighted by molar-refractivity contribution is 5.91. The molecule has 1 amide bonds. The molecule has 0 aliphatic heterocycles. The first-order valence-electron chi connectivity index (χ1n) is 6.63. The Labute approximate surface area is 123 Å². The zero-order valence-electron chi connectivity index (χ0n) is 11.4. The molecule has 0 aliphatic rings. The molecule has 21 heavy (non-hydrogen) atoms. The number of carbonyl (C=O) groups is 1. The minimum absolute atomic E-state index is 0.156. The van der Waals surface area contributed by atoms with E-state index in [-0.39, 0.29) is 18.2 Å². The maximum Gasteiger partial charge on any atom is 0.244 e. The SMILES string of the molecule is O=C(/C=C/c1ccc(O)cc1)NCC(O)c1ccccc1. The first kappa shape index (κ1) is 14.8. The Balaban J connectivity index is 1.83. The van der Waals surface area contributed by atoms with E-state index in [4.69, 9.17) is 5.11 Å². The van der Waals surface area contributed by atoms with Crippen LogP contribution in [0.1, 0.15) is 17.2 Å². The fourth-order valence-corrected chi connectivity index (χ4v) is 1.81. The Morgan fingerprint density at radius 2 is 1.76 bits per heavy atom. The van der Waals surface area contributed by atoms with E-state index in [1.165, 1.54) is 6.08 Å². The van der Waals surface area contributed by atoms with Gasteiger partial charge in [-0.1, -0.05) is 42.5 Å². The van der Waals surface area contributed by atoms with Gasteiger partial charge in [0.25, 0.3) is 0 Å². The van der Waals surface area contributed by atoms with Crippen LogP contribution in [-0.4, -0.2) is 22.7 Å². The van der Waals surface area contributed by atoms with Crippen LogP contribution in [-0.2, 0) is 4.79 Å². The molecule has 108 valence electrons. The van der Waals surface area contributed by atoms with Crippen molar-refractivity contribution in [3.8, 4) is 5.75 Å². The summed E-state index contributed by atoms with van der Waals surface area (Å²) >= 11 is 0. The molecule has 0 fully saturated rings. The first-order valence-corrected chi connectivity index (χ1v) is 6.63. The standard InChI is InChI=1S/C17H17NO3/c19-15-9-6-13(7-10-15)8-11-17(21)18-12-16(20)14-4-2-1-3-5-14/h1-11,16,19-20H,12H2,(H,18,21)/b11-8+. The molecule has 0 aromatic heterocycles. The highest BCUT2D eigenvalue weighted by Crippen LogP contribution is 2.11. The van der Waals surface area contributed by atoms with E-state index in [0.717, 1.165) is 11.1 Å². The molecule has 0 radical (unpaired) electrons. The van der Waals surface area contributed by atoms with Crippen molar-refractivity contribution in [3.05, 3.63) is 71.8 Å². The third kappa shape index (κ3) is 4.78. The maximum atomic E-state index is 11.7. The van der Waals surface area contributed by atoms with Gasteiger partial charge in [0.2, 0.25) is 5.91 Å². The molecule has 1 atom stereocenters. The number of aromatic hydroxyl groups is 1. The van der Waals surface area contributed by atoms with E-state index >= 15 is 0 Å². The molecule has 0 spiro atoms. The Morgan fingerprint density at radius 3 is 2.43 bits per heavy atom. The fourth-order valence-electron chi connectivity index (χ4n) is 1.81. The number of carbonyl (C=O) groups excluding carboxylic acids is 1. The van der Waals surface area contributed by atoms with Gasteiger partial charge in [-0.15, -0.1) is 0 Å². The normalized spacial score (nSPS) is 12.2. The number of phenols is 1. The first-order chi connectivity index (χ1) is 10.1. The Morgan fingerprint density at radius 1 is 1.10 bits per heavy atom. The molecular formula is C17H17NO3. The van der Waals surface area contributed by atoms with Crippen LogP contribution in [0.5, 0.6) is 5.75 Å². The number of phenolic OH excluding ortho intramolecular Hbond substituents is 1. The number of rotatable bonds is 5. The molecule has 0 saturated carbocycles. The number of benzene rings is 2. The molecule has 4 nitrogen and oxygen atoms in total. The van der Waals surface area contributed by atoms with Crippen molar-refractivity contribution in [1.82, 2.24) is 5.32 Å². The summed E-state index contributed by atoms with van der Waals surface area (Å²) in [5.41, 5.74) is 1.58. The highest BCUT2D eigenvalue weighted by atomic mass is 16.3. The van der Waals surface area contributed by atoms with Crippen LogP contribution in [0.15, 0.2) is 60.7 Å². The molecule has 4 heteroatoms. The quantitative estimate of drug-likeness (QED) is 0.737. The smallest absolute Gasteiger partial charge is 0.244 e. The summed E-state index contributed by atoms with van der Waals surface area (Å²) in [6, 6.07) is 15.7. The third-order valence-electron chi connectivity index (χ3n) is 2.97. The molecular weight excluding hydrogens is 266 g/mol. The van der Waals surface area contributed by atoms with E-state index in [0.29, 0.717) is 0 Å². The average molecular weight is 283 g/mol. The largest absolute Gasteiger partial charge is 0.508 e. The Kier molecular flexibility index (Phi) is 5.12. The van der Waals surface area contributed by atoms with Crippen molar-refractivity contribution in [1.29, 1.82) is 0 Å². The highest BCUT2D eigenvalue weighted by Gasteiger charge is 2.07. The van der Waals surface area contributed by atoms with Crippen LogP contribution >= 0.6 is 0 Å². The van der Waals surface area contributed by atoms with E-state index in [1.807, 2.05) is 30.3 Å². The molecule has 2 aromatic carbocycles. The van der Waals surface area contributed by atoms with Crippen LogP contribution in [0, 0.1) is 0 Å². The van der Waals surface area contributed by atoms with Crippen molar-refractivity contribution in [2.75, 3.05) is 6.54 Å². The second kappa shape index (κ2) is 7.26. The third-order valence-corrected chi connectivity index (χ3v) is 2.97. The van der Waals surface area contributed by atoms with E-state index < -0.39 is 6.10 Å². The number of aliphatic hydroxyl groups excluding tert-OH is 1. The summed E-state index contributed by atoms with van der Waals surface area (Å²) in [7, 11) is 0. The second-order valence-corrected chi connectivity index (χ2v) is 4.60. The van der Waals surface area contributed by atoms with Gasteiger partial charge in [0.05, 0.1) is 6.10 Å². The van der Waals surface area contributed by atoms with Gasteiger partial charge in [-0.25, -0.2) is 0 Å². The zero-order chi connectivity index (χ0) is 15.1. The van der Waals surface area contributed by atoms with Crippen molar-refractivity contribution in [2.45, 2.75) is 6.10 Å². The van der Waals surface area contributed by atoms with E-state index in [1.54, 1.807) is 30.3 Å². The van der Waals surface area contributed by atoms with Gasteiger partial charge in [-0.3, -0.25) is 4.79 Å². The topological polar surface area (TPSA) is 69.6 Å². The molecule has 0 bridgehead atoms. The second-order valence-electron chi connectivity index (χ2n) is 4.60. The van der Waals surface area contributed by atoms with Gasteiger partial charge in [0, 0.05) is 12.6 Å². The lowest BCUT2D eigenvalue weighted by atomic mass is 10.1. The van der Waals surface area contributed by atoms with Crippen LogP contribution in [0.3, 0.4) is 0 Å². The summed E-state index contributed by atoms with van der Waals surface area (Å²) in [4.78, 5) is 11.7. The van der Waals surface area contributed by atoms with Crippen LogP contribution in [0.25, 0.3) is 6.08 Å². The number of nitrogens with one attached hydrogen (secondary N) is 1. The Bertz CT molecular complexity index is 606. The van der Waals surface area contributed by atoms with Gasteiger partial charge < -0.3 is 15.5 Å². The lowest BCUT2D eigenvalue weighted by Gasteiger charge is -2.10. The zero-order valence-corrected chi connectivity index (χ0v) is 11.4. The van der Waals surface area contributed by atoms with E-state index in [9.17, 15) is 9.90 Å². The van der Waals surface area contributed by atoms with Crippen molar-refractivity contribution < 1.29 is 15.0 Å². The van der Waals surface area contributed by atoms with Crippen LogP contribution < -0.4 is 5.32 Å². The lowest BCUT2D eigenvalue weighted by Crippen LogP contribution is -2.26. The predicted octanol–water partition coefficient (Wildman–Crippen LogP) is 2.26. The molecule has 3 N–H and O–H groups in total. The average Bonchev–Trinajstić information content (AvgIpc) is 2.53. The molecule has 0 saturated heterocycles. The number of hydrogen-bond acceptors (Lipinski definition) is 3. The van der Waals surface area contributed by atoms with Gasteiger partial charge in [0.1, 0.15) is 5.75 Å². The molecule has 0 heterocycles. The summed E-state index contributed by atoms with van der Waals surface area (Å²) in [6.45, 7) is 0.156. The van der Waals surface area contributed by atoms with Gasteiger partial charge in [0.15, 0.2) is 0 Å². The molecule has 2 aromatic rings. The summed E-state index contributed by atoms with van der Waals surface area (Å²) in [5.74, 6) is -0.0966. The van der Waals surface area contributed by atoms with Crippen molar-refractivity contribution in [3.63, 3.8) is 0 Å². The van der Waals surface area contributed by atoms with Crippen molar-refractivity contribution >= 4 is 12.0 Å². The number of aliphatic hydroxyl groups is 1. The number of amides is 1. The van der Waals surface area contributed by atoms with Gasteiger partial charge in [-0.2, -0.15) is 0 Å². The lowest BCUT2D eigenvalue weighted by molar-refractivity contribution is -0.116. The van der Waals surface area contributed by atoms with E-state index in [2.05, 4.69) is 5.32 Å². The van der Waals surface area contributed by atoms with Gasteiger partial charge >= 0.3 is 0 Å². The fraction of sp³-hybridized carbons (Fsp3) is 0.118. The molecule has 0 aliphatic carbocycles. The number of hydrogen-bond donors (Lipinski definition) is 3. The van der Waals surface area contributed by atoms with Crippen LogP contribution in [0.4, 0.5) is 0 Å². The Hall–Kier alpha value is -2.59. The van der Waals surface area contributed by atoms with Crippen molar-refractivity contribution in [2.24, 2.45) is 0 Å². The predicted molar refractivity (Wildman–Crippen MR) is 81.6 cm³/mol. The van der Waals surface area contributed by atoms with Gasteiger partial charge in [-0.05, 0) is 29.3 Å². The minimum atomic E-state index is -0.725. The summed E-state index contributed by atoms with van der Waals surface area (Å²) < 4.78 is 0.